The van der Waals surface area contributed by atoms with Crippen LogP contribution in [0.15, 0.2) is 34.2 Å². The molecule has 0 saturated heterocycles. The summed E-state index contributed by atoms with van der Waals surface area (Å²) in [7, 11) is 0. The lowest BCUT2D eigenvalue weighted by Crippen LogP contribution is -2.38. The van der Waals surface area contributed by atoms with E-state index in [-0.39, 0.29) is 17.4 Å². The van der Waals surface area contributed by atoms with Crippen LogP contribution in [0, 0.1) is 12.8 Å². The van der Waals surface area contributed by atoms with Crippen molar-refractivity contribution < 1.29 is 4.79 Å². The molecule has 1 aromatic carbocycles. The number of hydrogen-bond donors (Lipinski definition) is 1. The van der Waals surface area contributed by atoms with Crippen LogP contribution in [0.5, 0.6) is 0 Å². The zero-order valence-corrected chi connectivity index (χ0v) is 15.1. The van der Waals surface area contributed by atoms with Gasteiger partial charge in [-0.1, -0.05) is 42.4 Å². The van der Waals surface area contributed by atoms with Crippen molar-refractivity contribution in [3.05, 3.63) is 50.9 Å². The fourth-order valence-corrected chi connectivity index (χ4v) is 4.06. The SMILES string of the molecule is CCc1c(C)nc2n(c1=O)CC(C(=O)Nc1ccccc1Cl)CS2. The quantitative estimate of drug-likeness (QED) is 0.851. The summed E-state index contributed by atoms with van der Waals surface area (Å²) in [6.45, 7) is 4.14. The number of hydrogen-bond acceptors (Lipinski definition) is 4. The Labute approximate surface area is 149 Å². The Kier molecular flexibility index (Phi) is 4.96. The third-order valence-corrected chi connectivity index (χ3v) is 5.58. The molecule has 126 valence electrons. The Morgan fingerprint density at radius 3 is 2.92 bits per heavy atom. The molecule has 0 spiro atoms. The first-order valence-electron chi connectivity index (χ1n) is 7.79. The molecule has 1 aliphatic rings. The van der Waals surface area contributed by atoms with E-state index in [0.29, 0.717) is 40.1 Å². The van der Waals surface area contributed by atoms with E-state index in [1.54, 1.807) is 16.7 Å². The average molecular weight is 364 g/mol. The number of benzene rings is 1. The van der Waals surface area contributed by atoms with Gasteiger partial charge in [0.05, 0.1) is 16.6 Å². The molecule has 24 heavy (non-hydrogen) atoms. The number of halogens is 1. The smallest absolute Gasteiger partial charge is 0.257 e. The van der Waals surface area contributed by atoms with E-state index in [0.717, 1.165) is 5.69 Å². The summed E-state index contributed by atoms with van der Waals surface area (Å²) in [5.41, 5.74) is 2.04. The van der Waals surface area contributed by atoms with Crippen LogP contribution in [-0.4, -0.2) is 21.2 Å². The molecule has 1 aliphatic heterocycles. The minimum atomic E-state index is -0.300. The summed E-state index contributed by atoms with van der Waals surface area (Å²) in [4.78, 5) is 29.7. The van der Waals surface area contributed by atoms with Gasteiger partial charge in [0, 0.05) is 23.6 Å². The van der Waals surface area contributed by atoms with Gasteiger partial charge in [-0.2, -0.15) is 0 Å². The minimum absolute atomic E-state index is 0.0391. The van der Waals surface area contributed by atoms with E-state index in [9.17, 15) is 9.59 Å². The number of nitrogens with one attached hydrogen (secondary N) is 1. The van der Waals surface area contributed by atoms with Crippen molar-refractivity contribution >= 4 is 35.0 Å². The molecule has 1 aromatic heterocycles. The summed E-state index contributed by atoms with van der Waals surface area (Å²) in [6.07, 6.45) is 0.638. The predicted molar refractivity (Wildman–Crippen MR) is 96.9 cm³/mol. The summed E-state index contributed by atoms with van der Waals surface area (Å²) in [6, 6.07) is 7.12. The topological polar surface area (TPSA) is 64.0 Å². The largest absolute Gasteiger partial charge is 0.324 e. The number of carbonyl (C=O) groups excluding carboxylic acids is 1. The number of para-hydroxylation sites is 1. The summed E-state index contributed by atoms with van der Waals surface area (Å²) in [5.74, 6) is 0.158. The second-order valence-electron chi connectivity index (χ2n) is 5.70. The van der Waals surface area contributed by atoms with E-state index < -0.39 is 0 Å². The van der Waals surface area contributed by atoms with E-state index in [4.69, 9.17) is 11.6 Å². The van der Waals surface area contributed by atoms with Crippen LogP contribution in [0.25, 0.3) is 0 Å². The number of amides is 1. The Bertz CT molecular complexity index is 850. The third-order valence-electron chi connectivity index (χ3n) is 4.11. The number of rotatable bonds is 3. The molecule has 0 bridgehead atoms. The molecular weight excluding hydrogens is 346 g/mol. The fourth-order valence-electron chi connectivity index (χ4n) is 2.76. The van der Waals surface area contributed by atoms with Gasteiger partial charge in [-0.05, 0) is 25.5 Å². The first kappa shape index (κ1) is 17.0. The highest BCUT2D eigenvalue weighted by Crippen LogP contribution is 2.28. The lowest BCUT2D eigenvalue weighted by atomic mass is 10.1. The van der Waals surface area contributed by atoms with Crippen molar-refractivity contribution in [3.8, 4) is 0 Å². The van der Waals surface area contributed by atoms with Crippen LogP contribution >= 0.6 is 23.4 Å². The zero-order valence-electron chi connectivity index (χ0n) is 13.5. The predicted octanol–water partition coefficient (Wildman–Crippen LogP) is 3.13. The van der Waals surface area contributed by atoms with Crippen molar-refractivity contribution in [2.45, 2.75) is 32.0 Å². The average Bonchev–Trinajstić information content (AvgIpc) is 2.57. The lowest BCUT2D eigenvalue weighted by Gasteiger charge is -2.25. The fraction of sp³-hybridized carbons (Fsp3) is 0.353. The maximum Gasteiger partial charge on any atom is 0.257 e. The van der Waals surface area contributed by atoms with Crippen LogP contribution < -0.4 is 10.9 Å². The molecule has 5 nitrogen and oxygen atoms in total. The van der Waals surface area contributed by atoms with Crippen molar-refractivity contribution in [2.24, 2.45) is 5.92 Å². The molecule has 7 heteroatoms. The van der Waals surface area contributed by atoms with Gasteiger partial charge >= 0.3 is 0 Å². The number of aromatic nitrogens is 2. The highest BCUT2D eigenvalue weighted by molar-refractivity contribution is 7.99. The van der Waals surface area contributed by atoms with Gasteiger partial charge in [0.1, 0.15) is 0 Å². The first-order chi connectivity index (χ1) is 11.5. The highest BCUT2D eigenvalue weighted by Gasteiger charge is 2.28. The van der Waals surface area contributed by atoms with Crippen LogP contribution in [0.1, 0.15) is 18.2 Å². The van der Waals surface area contributed by atoms with Gasteiger partial charge in [-0.25, -0.2) is 4.98 Å². The van der Waals surface area contributed by atoms with E-state index in [1.807, 2.05) is 26.0 Å². The number of nitrogens with zero attached hydrogens (tertiary/aromatic N) is 2. The second-order valence-corrected chi connectivity index (χ2v) is 7.10. The zero-order chi connectivity index (χ0) is 17.3. The standard InChI is InChI=1S/C17H18ClN3O2S/c1-3-12-10(2)19-17-21(16(12)23)8-11(9-24-17)15(22)20-14-7-5-4-6-13(14)18/h4-7,11H,3,8-9H2,1-2H3,(H,20,22). The van der Waals surface area contributed by atoms with Crippen LogP contribution in [-0.2, 0) is 17.8 Å². The maximum atomic E-state index is 12.6. The second kappa shape index (κ2) is 6.99. The Morgan fingerprint density at radius 1 is 1.46 bits per heavy atom. The van der Waals surface area contributed by atoms with E-state index in [2.05, 4.69) is 10.3 Å². The number of anilines is 1. The summed E-state index contributed by atoms with van der Waals surface area (Å²) in [5, 5.41) is 4.04. The molecule has 0 radical (unpaired) electrons. The molecule has 1 N–H and O–H groups in total. The van der Waals surface area contributed by atoms with Gasteiger partial charge < -0.3 is 5.32 Å². The monoisotopic (exact) mass is 363 g/mol. The Morgan fingerprint density at radius 2 is 2.21 bits per heavy atom. The Hall–Kier alpha value is -1.79. The lowest BCUT2D eigenvalue weighted by molar-refractivity contribution is -0.119. The molecule has 1 amide bonds. The van der Waals surface area contributed by atoms with Crippen molar-refractivity contribution in [1.29, 1.82) is 0 Å². The number of thioether (sulfide) groups is 1. The number of aryl methyl sites for hydroxylation is 1. The van der Waals surface area contributed by atoms with Crippen LogP contribution in [0.2, 0.25) is 5.02 Å². The first-order valence-corrected chi connectivity index (χ1v) is 9.16. The normalized spacial score (nSPS) is 16.5. The van der Waals surface area contributed by atoms with Gasteiger partial charge in [-0.15, -0.1) is 0 Å². The molecular formula is C17H18ClN3O2S. The molecule has 2 heterocycles. The summed E-state index contributed by atoms with van der Waals surface area (Å²) < 4.78 is 1.62. The van der Waals surface area contributed by atoms with E-state index in [1.165, 1.54) is 11.8 Å². The van der Waals surface area contributed by atoms with Crippen molar-refractivity contribution in [2.75, 3.05) is 11.1 Å². The van der Waals surface area contributed by atoms with Crippen molar-refractivity contribution in [1.82, 2.24) is 9.55 Å². The van der Waals surface area contributed by atoms with Crippen LogP contribution in [0.4, 0.5) is 5.69 Å². The highest BCUT2D eigenvalue weighted by atomic mass is 35.5. The maximum absolute atomic E-state index is 12.6. The Balaban J connectivity index is 1.83. The summed E-state index contributed by atoms with van der Waals surface area (Å²) >= 11 is 7.53. The molecule has 1 atom stereocenters. The van der Waals surface area contributed by atoms with Crippen LogP contribution in [0.3, 0.4) is 0 Å². The van der Waals surface area contributed by atoms with Gasteiger partial charge in [0.15, 0.2) is 5.16 Å². The minimum Gasteiger partial charge on any atom is -0.324 e. The van der Waals surface area contributed by atoms with Crippen molar-refractivity contribution in [3.63, 3.8) is 0 Å². The molecule has 3 rings (SSSR count). The molecule has 0 aliphatic carbocycles. The van der Waals surface area contributed by atoms with Gasteiger partial charge in [0.25, 0.3) is 5.56 Å². The molecule has 2 aromatic rings. The van der Waals surface area contributed by atoms with E-state index >= 15 is 0 Å². The molecule has 1 unspecified atom stereocenters. The third kappa shape index (κ3) is 3.21. The number of fused-ring (bicyclic) bond motifs is 1. The molecule has 0 saturated carbocycles. The molecule has 0 fully saturated rings. The van der Waals surface area contributed by atoms with Gasteiger partial charge in [-0.3, -0.25) is 14.2 Å². The van der Waals surface area contributed by atoms with Gasteiger partial charge in [0.2, 0.25) is 5.91 Å². The number of carbonyl (C=O) groups is 1.